The molecule has 0 bridgehead atoms. The van der Waals surface area contributed by atoms with Gasteiger partial charge in [-0.2, -0.15) is 0 Å². The quantitative estimate of drug-likeness (QED) is 0.172. The number of nitrogens with one attached hydrogen (secondary N) is 2. The molecule has 1 atom stereocenters. The van der Waals surface area contributed by atoms with Gasteiger partial charge in [-0.25, -0.2) is 0 Å². The van der Waals surface area contributed by atoms with E-state index in [-0.39, 0.29) is 36.2 Å². The highest BCUT2D eigenvalue weighted by molar-refractivity contribution is 14.0. The molecule has 1 aliphatic rings. The van der Waals surface area contributed by atoms with E-state index in [1.54, 1.807) is 0 Å². The van der Waals surface area contributed by atoms with E-state index in [4.69, 9.17) is 18.9 Å². The van der Waals surface area contributed by atoms with Crippen LogP contribution in [0.1, 0.15) is 40.0 Å². The molecule has 30 heavy (non-hydrogen) atoms. The number of halogens is 1. The largest absolute Gasteiger partial charge is 0.491 e. The first kappa shape index (κ1) is 26.9. The van der Waals surface area contributed by atoms with E-state index in [1.165, 1.54) is 0 Å². The number of ether oxygens (including phenoxy) is 4. The average molecular weight is 535 g/mol. The van der Waals surface area contributed by atoms with Crippen LogP contribution in [-0.2, 0) is 14.2 Å². The second kappa shape index (κ2) is 16.6. The summed E-state index contributed by atoms with van der Waals surface area (Å²) in [5, 5.41) is 6.65. The third kappa shape index (κ3) is 11.9. The lowest BCUT2D eigenvalue weighted by molar-refractivity contribution is 0.0171. The number of anilines is 1. The first-order chi connectivity index (χ1) is 14.2. The zero-order valence-electron chi connectivity index (χ0n) is 18.5. The van der Waals surface area contributed by atoms with Gasteiger partial charge in [0.05, 0.1) is 25.4 Å². The molecule has 0 amide bonds. The Kier molecular flexibility index (Phi) is 14.9. The molecule has 2 N–H and O–H groups in total. The van der Waals surface area contributed by atoms with Crippen molar-refractivity contribution in [2.24, 2.45) is 4.99 Å². The number of rotatable bonds is 13. The molecule has 1 saturated heterocycles. The van der Waals surface area contributed by atoms with Crippen LogP contribution >= 0.6 is 24.0 Å². The van der Waals surface area contributed by atoms with Gasteiger partial charge in [-0.05, 0) is 64.3 Å². The predicted octanol–water partition coefficient (Wildman–Crippen LogP) is 4.07. The van der Waals surface area contributed by atoms with Crippen LogP contribution in [0.3, 0.4) is 0 Å². The summed E-state index contributed by atoms with van der Waals surface area (Å²) in [5.41, 5.74) is 0.957. The van der Waals surface area contributed by atoms with Gasteiger partial charge in [-0.3, -0.25) is 4.99 Å². The molecule has 2 rings (SSSR count). The fourth-order valence-electron chi connectivity index (χ4n) is 2.90. The third-order valence-electron chi connectivity index (χ3n) is 4.28. The van der Waals surface area contributed by atoms with E-state index in [9.17, 15) is 0 Å². The monoisotopic (exact) mass is 535 g/mol. The maximum Gasteiger partial charge on any atom is 0.195 e. The Balaban J connectivity index is 0.00000450. The Bertz CT molecular complexity index is 578. The topological polar surface area (TPSA) is 73.3 Å². The number of hydrogen-bond acceptors (Lipinski definition) is 5. The molecule has 1 aromatic carbocycles. The van der Waals surface area contributed by atoms with Crippen LogP contribution in [0.25, 0.3) is 0 Å². The minimum Gasteiger partial charge on any atom is -0.491 e. The summed E-state index contributed by atoms with van der Waals surface area (Å²) < 4.78 is 22.4. The van der Waals surface area contributed by atoms with Gasteiger partial charge in [0.1, 0.15) is 5.75 Å². The maximum atomic E-state index is 5.71. The highest BCUT2D eigenvalue weighted by atomic mass is 127. The minimum atomic E-state index is 0. The first-order valence-electron chi connectivity index (χ1n) is 10.8. The standard InChI is InChI=1S/C22H37N3O4.HI/c1-4-26-16-13-24-22(23-12-6-14-27-17-21-7-5-15-28-21)25-19-8-10-20(11-9-19)29-18(2)3;/h8-11,18,21H,4-7,12-17H2,1-3H3,(H2,23,24,25);1H. The fourth-order valence-corrected chi connectivity index (χ4v) is 2.90. The number of nitrogens with zero attached hydrogens (tertiary/aromatic N) is 1. The molecule has 172 valence electrons. The number of guanidine groups is 1. The molecular weight excluding hydrogens is 497 g/mol. The molecule has 0 aliphatic carbocycles. The Hall–Kier alpha value is -1.10. The van der Waals surface area contributed by atoms with Crippen LogP contribution in [0.4, 0.5) is 5.69 Å². The van der Waals surface area contributed by atoms with E-state index in [0.29, 0.717) is 39.5 Å². The summed E-state index contributed by atoms with van der Waals surface area (Å²) in [6.45, 7) is 11.0. The smallest absolute Gasteiger partial charge is 0.195 e. The Morgan fingerprint density at radius 1 is 1.20 bits per heavy atom. The minimum absolute atomic E-state index is 0. The molecule has 1 aromatic rings. The van der Waals surface area contributed by atoms with Gasteiger partial charge < -0.3 is 29.6 Å². The van der Waals surface area contributed by atoms with Crippen LogP contribution in [0.2, 0.25) is 0 Å². The zero-order valence-corrected chi connectivity index (χ0v) is 20.9. The second-order valence-corrected chi connectivity index (χ2v) is 7.23. The summed E-state index contributed by atoms with van der Waals surface area (Å²) in [6.07, 6.45) is 3.56. The van der Waals surface area contributed by atoms with Gasteiger partial charge in [0.25, 0.3) is 0 Å². The zero-order chi connectivity index (χ0) is 20.7. The lowest BCUT2D eigenvalue weighted by Gasteiger charge is -2.14. The van der Waals surface area contributed by atoms with E-state index in [0.717, 1.165) is 43.3 Å². The summed E-state index contributed by atoms with van der Waals surface area (Å²) in [5.74, 6) is 1.60. The first-order valence-corrected chi connectivity index (χ1v) is 10.8. The molecule has 0 radical (unpaired) electrons. The molecule has 0 aromatic heterocycles. The lowest BCUT2D eigenvalue weighted by atomic mass is 10.2. The van der Waals surface area contributed by atoms with Crippen molar-refractivity contribution in [1.82, 2.24) is 5.32 Å². The average Bonchev–Trinajstić information content (AvgIpc) is 3.22. The third-order valence-corrected chi connectivity index (χ3v) is 4.28. The highest BCUT2D eigenvalue weighted by Crippen LogP contribution is 2.17. The van der Waals surface area contributed by atoms with E-state index >= 15 is 0 Å². The molecule has 1 unspecified atom stereocenters. The summed E-state index contributed by atoms with van der Waals surface area (Å²) in [4.78, 5) is 4.65. The molecule has 0 spiro atoms. The summed E-state index contributed by atoms with van der Waals surface area (Å²) in [7, 11) is 0. The lowest BCUT2D eigenvalue weighted by Crippen LogP contribution is -2.33. The van der Waals surface area contributed by atoms with Crippen molar-refractivity contribution >= 4 is 35.6 Å². The van der Waals surface area contributed by atoms with Gasteiger partial charge in [0, 0.05) is 38.6 Å². The molecular formula is C22H38IN3O4. The SMILES string of the molecule is CCOCCNC(=NCCCOCC1CCCO1)Nc1ccc(OC(C)C)cc1.I. The number of benzene rings is 1. The van der Waals surface area contributed by atoms with E-state index in [2.05, 4.69) is 15.6 Å². The normalized spacial score (nSPS) is 16.4. The van der Waals surface area contributed by atoms with Gasteiger partial charge in [0.2, 0.25) is 0 Å². The Labute approximate surface area is 198 Å². The highest BCUT2D eigenvalue weighted by Gasteiger charge is 2.14. The van der Waals surface area contributed by atoms with Crippen LogP contribution < -0.4 is 15.4 Å². The van der Waals surface area contributed by atoms with Crippen molar-refractivity contribution in [2.45, 2.75) is 52.2 Å². The van der Waals surface area contributed by atoms with Crippen molar-refractivity contribution in [3.8, 4) is 5.75 Å². The van der Waals surface area contributed by atoms with Crippen LogP contribution in [0.15, 0.2) is 29.3 Å². The van der Waals surface area contributed by atoms with Crippen molar-refractivity contribution in [2.75, 3.05) is 51.4 Å². The maximum absolute atomic E-state index is 5.71. The van der Waals surface area contributed by atoms with Crippen LogP contribution in [-0.4, -0.2) is 64.3 Å². The number of aliphatic imine (C=N–C) groups is 1. The predicted molar refractivity (Wildman–Crippen MR) is 132 cm³/mol. The number of hydrogen-bond donors (Lipinski definition) is 2. The van der Waals surface area contributed by atoms with Crippen LogP contribution in [0.5, 0.6) is 5.75 Å². The Morgan fingerprint density at radius 2 is 2.00 bits per heavy atom. The van der Waals surface area contributed by atoms with Gasteiger partial charge in [0.15, 0.2) is 5.96 Å². The van der Waals surface area contributed by atoms with E-state index < -0.39 is 0 Å². The molecule has 0 saturated carbocycles. The van der Waals surface area contributed by atoms with Crippen LogP contribution in [0, 0.1) is 0 Å². The Morgan fingerprint density at radius 3 is 2.67 bits per heavy atom. The second-order valence-electron chi connectivity index (χ2n) is 7.23. The van der Waals surface area contributed by atoms with E-state index in [1.807, 2.05) is 45.0 Å². The van der Waals surface area contributed by atoms with Gasteiger partial charge in [-0.1, -0.05) is 0 Å². The van der Waals surface area contributed by atoms with Crippen molar-refractivity contribution in [1.29, 1.82) is 0 Å². The summed E-state index contributed by atoms with van der Waals surface area (Å²) in [6, 6.07) is 7.89. The van der Waals surface area contributed by atoms with Crippen molar-refractivity contribution < 1.29 is 18.9 Å². The van der Waals surface area contributed by atoms with Gasteiger partial charge >= 0.3 is 0 Å². The summed E-state index contributed by atoms with van der Waals surface area (Å²) >= 11 is 0. The molecule has 1 heterocycles. The molecule has 8 heteroatoms. The molecule has 1 aliphatic heterocycles. The van der Waals surface area contributed by atoms with Crippen molar-refractivity contribution in [3.05, 3.63) is 24.3 Å². The van der Waals surface area contributed by atoms with Crippen molar-refractivity contribution in [3.63, 3.8) is 0 Å². The molecule has 1 fully saturated rings. The fraction of sp³-hybridized carbons (Fsp3) is 0.682. The van der Waals surface area contributed by atoms with Gasteiger partial charge in [-0.15, -0.1) is 24.0 Å². The molecule has 7 nitrogen and oxygen atoms in total.